The average Bonchev–Trinajstić information content (AvgIpc) is 2.92. The molecule has 1 aromatic carbocycles. The summed E-state index contributed by atoms with van der Waals surface area (Å²) in [6.07, 6.45) is 8.37. The molecular weight excluding hydrogens is 272 g/mol. The molecule has 0 aliphatic carbocycles. The molecule has 118 valence electrons. The zero-order chi connectivity index (χ0) is 15.4. The van der Waals surface area contributed by atoms with Crippen molar-refractivity contribution >= 4 is 16.8 Å². The van der Waals surface area contributed by atoms with Crippen LogP contribution in [0.2, 0.25) is 0 Å². The van der Waals surface area contributed by atoms with Gasteiger partial charge in [-0.3, -0.25) is 4.79 Å². The van der Waals surface area contributed by atoms with Crippen LogP contribution in [-0.2, 0) is 13.0 Å². The summed E-state index contributed by atoms with van der Waals surface area (Å²) in [5, 5.41) is 4.29. The molecule has 0 radical (unpaired) electrons. The Morgan fingerprint density at radius 1 is 1.23 bits per heavy atom. The highest BCUT2D eigenvalue weighted by Crippen LogP contribution is 2.28. The van der Waals surface area contributed by atoms with Crippen LogP contribution in [0.15, 0.2) is 24.3 Å². The SMILES string of the molecule is CCCCCCCNC(=O)c1cc2cccc3c2n1CCC3. The van der Waals surface area contributed by atoms with Gasteiger partial charge >= 0.3 is 0 Å². The summed E-state index contributed by atoms with van der Waals surface area (Å²) in [5.74, 6) is 0.0829. The summed E-state index contributed by atoms with van der Waals surface area (Å²) >= 11 is 0. The van der Waals surface area contributed by atoms with Crippen LogP contribution in [0, 0.1) is 0 Å². The maximum Gasteiger partial charge on any atom is 0.267 e. The van der Waals surface area contributed by atoms with Crippen LogP contribution < -0.4 is 5.32 Å². The Labute approximate surface area is 132 Å². The van der Waals surface area contributed by atoms with Gasteiger partial charge in [0.15, 0.2) is 0 Å². The first-order chi connectivity index (χ1) is 10.8. The van der Waals surface area contributed by atoms with Gasteiger partial charge in [-0.15, -0.1) is 0 Å². The molecule has 3 heteroatoms. The van der Waals surface area contributed by atoms with Crippen LogP contribution in [0.1, 0.15) is 61.5 Å². The van der Waals surface area contributed by atoms with Crippen LogP contribution in [0.4, 0.5) is 0 Å². The standard InChI is InChI=1S/C19H26N2O/c1-2-3-4-5-6-12-20-19(22)17-14-16-10-7-9-15-11-8-13-21(17)18(15)16/h7,9-10,14H,2-6,8,11-13H2,1H3,(H,20,22). The highest BCUT2D eigenvalue weighted by molar-refractivity contribution is 5.99. The molecule has 0 saturated heterocycles. The van der Waals surface area contributed by atoms with E-state index >= 15 is 0 Å². The largest absolute Gasteiger partial charge is 0.351 e. The summed E-state index contributed by atoms with van der Waals surface area (Å²) in [5.41, 5.74) is 3.47. The van der Waals surface area contributed by atoms with Gasteiger partial charge in [0.05, 0.1) is 5.52 Å². The van der Waals surface area contributed by atoms with Crippen molar-refractivity contribution < 1.29 is 4.79 Å². The quantitative estimate of drug-likeness (QED) is 0.760. The molecular formula is C19H26N2O. The Kier molecular flexibility index (Phi) is 4.81. The lowest BCUT2D eigenvalue weighted by Crippen LogP contribution is -2.27. The van der Waals surface area contributed by atoms with E-state index in [4.69, 9.17) is 0 Å². The minimum Gasteiger partial charge on any atom is -0.351 e. The summed E-state index contributed by atoms with van der Waals surface area (Å²) in [6, 6.07) is 8.45. The fourth-order valence-electron chi connectivity index (χ4n) is 3.47. The molecule has 0 unspecified atom stereocenters. The number of hydrogen-bond donors (Lipinski definition) is 1. The van der Waals surface area contributed by atoms with E-state index in [0.29, 0.717) is 0 Å². The van der Waals surface area contributed by atoms with Gasteiger partial charge in [0.2, 0.25) is 0 Å². The Morgan fingerprint density at radius 3 is 2.95 bits per heavy atom. The van der Waals surface area contributed by atoms with E-state index in [0.717, 1.165) is 38.0 Å². The molecule has 2 aromatic rings. The fourth-order valence-corrected chi connectivity index (χ4v) is 3.47. The number of amides is 1. The number of aryl methyl sites for hydroxylation is 2. The number of aromatic nitrogens is 1. The van der Waals surface area contributed by atoms with Gasteiger partial charge in [0, 0.05) is 18.5 Å². The summed E-state index contributed by atoms with van der Waals surface area (Å²) in [7, 11) is 0. The number of unbranched alkanes of at least 4 members (excludes halogenated alkanes) is 4. The third-order valence-corrected chi connectivity index (χ3v) is 4.63. The normalized spacial score (nSPS) is 13.5. The lowest BCUT2D eigenvalue weighted by atomic mass is 10.0. The zero-order valence-electron chi connectivity index (χ0n) is 13.5. The van der Waals surface area contributed by atoms with Crippen molar-refractivity contribution in [1.29, 1.82) is 0 Å². The highest BCUT2D eigenvalue weighted by Gasteiger charge is 2.19. The monoisotopic (exact) mass is 298 g/mol. The van der Waals surface area contributed by atoms with Gasteiger partial charge < -0.3 is 9.88 Å². The number of nitrogens with one attached hydrogen (secondary N) is 1. The number of hydrogen-bond acceptors (Lipinski definition) is 1. The molecule has 3 nitrogen and oxygen atoms in total. The molecule has 1 aliphatic rings. The second kappa shape index (κ2) is 6.99. The Balaban J connectivity index is 1.66. The molecule has 3 rings (SSSR count). The first-order valence-corrected chi connectivity index (χ1v) is 8.70. The number of carbonyl (C=O) groups is 1. The van der Waals surface area contributed by atoms with Gasteiger partial charge in [0.1, 0.15) is 5.69 Å². The molecule has 0 fully saturated rings. The first-order valence-electron chi connectivity index (χ1n) is 8.70. The average molecular weight is 298 g/mol. The van der Waals surface area contributed by atoms with Crippen molar-refractivity contribution in [3.05, 3.63) is 35.5 Å². The van der Waals surface area contributed by atoms with Crippen molar-refractivity contribution in [2.45, 2.75) is 58.4 Å². The molecule has 1 N–H and O–H groups in total. The molecule has 0 saturated carbocycles. The predicted molar refractivity (Wildman–Crippen MR) is 91.4 cm³/mol. The van der Waals surface area contributed by atoms with Crippen LogP contribution in [0.3, 0.4) is 0 Å². The fraction of sp³-hybridized carbons (Fsp3) is 0.526. The zero-order valence-corrected chi connectivity index (χ0v) is 13.5. The molecule has 0 bridgehead atoms. The number of carbonyl (C=O) groups excluding carboxylic acids is 1. The lowest BCUT2D eigenvalue weighted by Gasteiger charge is -2.17. The Bertz CT molecular complexity index is 657. The number of para-hydroxylation sites is 1. The van der Waals surface area contributed by atoms with E-state index in [-0.39, 0.29) is 5.91 Å². The van der Waals surface area contributed by atoms with Gasteiger partial charge in [-0.1, -0.05) is 50.8 Å². The Morgan fingerprint density at radius 2 is 2.09 bits per heavy atom. The summed E-state index contributed by atoms with van der Waals surface area (Å²) in [4.78, 5) is 12.5. The lowest BCUT2D eigenvalue weighted by molar-refractivity contribution is 0.0943. The van der Waals surface area contributed by atoms with Gasteiger partial charge in [-0.25, -0.2) is 0 Å². The van der Waals surface area contributed by atoms with Crippen molar-refractivity contribution in [3.63, 3.8) is 0 Å². The molecule has 1 amide bonds. The van der Waals surface area contributed by atoms with Gasteiger partial charge in [-0.2, -0.15) is 0 Å². The third-order valence-electron chi connectivity index (χ3n) is 4.63. The predicted octanol–water partition coefficient (Wildman–Crippen LogP) is 4.29. The number of benzene rings is 1. The van der Waals surface area contributed by atoms with Crippen LogP contribution in [0.25, 0.3) is 10.9 Å². The molecule has 2 heterocycles. The second-order valence-electron chi connectivity index (χ2n) is 6.31. The number of nitrogens with zero attached hydrogens (tertiary/aromatic N) is 1. The van der Waals surface area contributed by atoms with Crippen LogP contribution in [-0.4, -0.2) is 17.0 Å². The first kappa shape index (κ1) is 15.1. The van der Waals surface area contributed by atoms with E-state index in [1.54, 1.807) is 0 Å². The van der Waals surface area contributed by atoms with Crippen molar-refractivity contribution in [2.75, 3.05) is 6.54 Å². The van der Waals surface area contributed by atoms with Crippen molar-refractivity contribution in [1.82, 2.24) is 9.88 Å². The molecule has 22 heavy (non-hydrogen) atoms. The summed E-state index contributed by atoms with van der Waals surface area (Å²) in [6.45, 7) is 3.97. The number of rotatable bonds is 7. The topological polar surface area (TPSA) is 34.0 Å². The molecule has 1 aromatic heterocycles. The second-order valence-corrected chi connectivity index (χ2v) is 6.31. The van der Waals surface area contributed by atoms with E-state index in [1.807, 2.05) is 0 Å². The maximum atomic E-state index is 12.5. The Hall–Kier alpha value is -1.77. The summed E-state index contributed by atoms with van der Waals surface area (Å²) < 4.78 is 2.21. The van der Waals surface area contributed by atoms with Crippen molar-refractivity contribution in [2.24, 2.45) is 0 Å². The maximum absolute atomic E-state index is 12.5. The minimum atomic E-state index is 0.0829. The minimum absolute atomic E-state index is 0.0829. The van der Waals surface area contributed by atoms with Crippen molar-refractivity contribution in [3.8, 4) is 0 Å². The smallest absolute Gasteiger partial charge is 0.267 e. The third kappa shape index (κ3) is 3.03. The molecule has 0 spiro atoms. The highest BCUT2D eigenvalue weighted by atomic mass is 16.1. The van der Waals surface area contributed by atoms with E-state index in [1.165, 1.54) is 42.1 Å². The van der Waals surface area contributed by atoms with Gasteiger partial charge in [-0.05, 0) is 30.9 Å². The van der Waals surface area contributed by atoms with Crippen LogP contribution in [0.5, 0.6) is 0 Å². The van der Waals surface area contributed by atoms with E-state index in [2.05, 4.69) is 41.1 Å². The molecule has 0 atom stereocenters. The van der Waals surface area contributed by atoms with Gasteiger partial charge in [0.25, 0.3) is 5.91 Å². The van der Waals surface area contributed by atoms with E-state index in [9.17, 15) is 4.79 Å². The van der Waals surface area contributed by atoms with E-state index < -0.39 is 0 Å². The molecule has 1 aliphatic heterocycles. The van der Waals surface area contributed by atoms with Crippen LogP contribution >= 0.6 is 0 Å².